The average molecular weight is 325 g/mol. The summed E-state index contributed by atoms with van der Waals surface area (Å²) in [5, 5.41) is 3.22. The number of benzene rings is 1. The van der Waals surface area contributed by atoms with E-state index in [1.165, 1.54) is 5.56 Å². The van der Waals surface area contributed by atoms with Gasteiger partial charge in [-0.1, -0.05) is 36.8 Å². The number of nitrogens with one attached hydrogen (secondary N) is 1. The van der Waals surface area contributed by atoms with Crippen molar-refractivity contribution in [2.75, 3.05) is 13.2 Å². The van der Waals surface area contributed by atoms with Crippen molar-refractivity contribution >= 4 is 18.3 Å². The predicted molar refractivity (Wildman–Crippen MR) is 89.2 cm³/mol. The van der Waals surface area contributed by atoms with Crippen molar-refractivity contribution in [3.63, 3.8) is 0 Å². The third-order valence-corrected chi connectivity index (χ3v) is 4.90. The van der Waals surface area contributed by atoms with Crippen LogP contribution in [0.15, 0.2) is 30.3 Å². The molecule has 0 radical (unpaired) electrons. The molecule has 1 aliphatic carbocycles. The van der Waals surface area contributed by atoms with E-state index in [4.69, 9.17) is 10.5 Å². The van der Waals surface area contributed by atoms with Gasteiger partial charge >= 0.3 is 0 Å². The molecular weight excluding hydrogens is 300 g/mol. The molecule has 1 amide bonds. The van der Waals surface area contributed by atoms with Crippen LogP contribution in [-0.2, 0) is 9.53 Å². The van der Waals surface area contributed by atoms with Crippen LogP contribution in [0.2, 0.25) is 0 Å². The molecule has 4 nitrogen and oxygen atoms in total. The Hall–Kier alpha value is -1.10. The number of ether oxygens (including phenoxy) is 1. The van der Waals surface area contributed by atoms with Gasteiger partial charge in [-0.25, -0.2) is 0 Å². The number of carbonyl (C=O) groups excluding carboxylic acids is 1. The van der Waals surface area contributed by atoms with Gasteiger partial charge in [0.25, 0.3) is 0 Å². The molecule has 0 bridgehead atoms. The molecule has 2 unspecified atom stereocenters. The van der Waals surface area contributed by atoms with E-state index in [-0.39, 0.29) is 24.4 Å². The van der Waals surface area contributed by atoms with Gasteiger partial charge < -0.3 is 15.8 Å². The highest BCUT2D eigenvalue weighted by molar-refractivity contribution is 5.86. The van der Waals surface area contributed by atoms with Gasteiger partial charge in [0.2, 0.25) is 5.91 Å². The first kappa shape index (κ1) is 17.3. The average Bonchev–Trinajstić information content (AvgIpc) is 2.97. The van der Waals surface area contributed by atoms with Crippen molar-refractivity contribution in [2.45, 2.75) is 49.6 Å². The van der Waals surface area contributed by atoms with Crippen molar-refractivity contribution in [3.8, 4) is 0 Å². The van der Waals surface area contributed by atoms with E-state index in [2.05, 4.69) is 29.6 Å². The molecule has 1 saturated heterocycles. The summed E-state index contributed by atoms with van der Waals surface area (Å²) in [4.78, 5) is 12.6. The zero-order valence-corrected chi connectivity index (χ0v) is 13.6. The van der Waals surface area contributed by atoms with Crippen LogP contribution in [0, 0.1) is 0 Å². The number of amides is 1. The fourth-order valence-corrected chi connectivity index (χ4v) is 3.51. The third kappa shape index (κ3) is 3.62. The molecular formula is C17H25ClN2O2. The lowest BCUT2D eigenvalue weighted by Crippen LogP contribution is -2.58. The molecule has 1 heterocycles. The number of hydrogen-bond acceptors (Lipinski definition) is 3. The van der Waals surface area contributed by atoms with Crippen LogP contribution in [0.5, 0.6) is 0 Å². The van der Waals surface area contributed by atoms with E-state index >= 15 is 0 Å². The lowest BCUT2D eigenvalue weighted by atomic mass is 9.88. The van der Waals surface area contributed by atoms with Crippen molar-refractivity contribution in [3.05, 3.63) is 35.9 Å². The maximum absolute atomic E-state index is 12.6. The lowest BCUT2D eigenvalue weighted by Gasteiger charge is -2.34. The van der Waals surface area contributed by atoms with Crippen molar-refractivity contribution in [1.29, 1.82) is 0 Å². The maximum Gasteiger partial charge on any atom is 0.240 e. The first-order valence-corrected chi connectivity index (χ1v) is 7.92. The van der Waals surface area contributed by atoms with E-state index in [9.17, 15) is 4.79 Å². The van der Waals surface area contributed by atoms with Gasteiger partial charge in [0.15, 0.2) is 0 Å². The Morgan fingerprint density at radius 2 is 1.86 bits per heavy atom. The monoisotopic (exact) mass is 324 g/mol. The summed E-state index contributed by atoms with van der Waals surface area (Å²) >= 11 is 0. The van der Waals surface area contributed by atoms with Crippen LogP contribution in [0.3, 0.4) is 0 Å². The highest BCUT2D eigenvalue weighted by Crippen LogP contribution is 2.35. The molecule has 3 rings (SSSR count). The Labute approximate surface area is 138 Å². The zero-order valence-electron chi connectivity index (χ0n) is 12.8. The molecule has 1 aromatic carbocycles. The van der Waals surface area contributed by atoms with Gasteiger partial charge in [-0.2, -0.15) is 0 Å². The van der Waals surface area contributed by atoms with Crippen LogP contribution < -0.4 is 11.1 Å². The first-order valence-electron chi connectivity index (χ1n) is 7.92. The van der Waals surface area contributed by atoms with Crippen molar-refractivity contribution in [1.82, 2.24) is 5.32 Å². The molecule has 3 N–H and O–H groups in total. The summed E-state index contributed by atoms with van der Waals surface area (Å²) in [5.41, 5.74) is 6.84. The molecule has 1 aliphatic heterocycles. The predicted octanol–water partition coefficient (Wildman–Crippen LogP) is 2.37. The van der Waals surface area contributed by atoms with E-state index in [0.717, 1.165) is 19.3 Å². The molecule has 1 aromatic rings. The minimum atomic E-state index is -0.748. The Morgan fingerprint density at radius 3 is 2.55 bits per heavy atom. The largest absolute Gasteiger partial charge is 0.381 e. The van der Waals surface area contributed by atoms with Gasteiger partial charge in [0.05, 0.1) is 5.54 Å². The zero-order chi connectivity index (χ0) is 14.7. The highest BCUT2D eigenvalue weighted by atomic mass is 35.5. The Balaban J connectivity index is 0.00000176. The smallest absolute Gasteiger partial charge is 0.240 e. The van der Waals surface area contributed by atoms with Crippen LogP contribution >= 0.6 is 12.4 Å². The SMILES string of the molecule is Cl.NC1(C(=O)NC2CCCC2c2ccccc2)CCOCC1. The highest BCUT2D eigenvalue weighted by Gasteiger charge is 2.39. The molecule has 1 saturated carbocycles. The summed E-state index contributed by atoms with van der Waals surface area (Å²) in [6, 6.07) is 10.7. The molecule has 22 heavy (non-hydrogen) atoms. The number of halogens is 1. The molecule has 0 spiro atoms. The fourth-order valence-electron chi connectivity index (χ4n) is 3.51. The molecule has 0 aromatic heterocycles. The third-order valence-electron chi connectivity index (χ3n) is 4.90. The number of carbonyl (C=O) groups is 1. The van der Waals surface area contributed by atoms with Gasteiger partial charge in [-0.3, -0.25) is 4.79 Å². The van der Waals surface area contributed by atoms with Crippen LogP contribution in [0.25, 0.3) is 0 Å². The number of nitrogens with two attached hydrogens (primary N) is 1. The standard InChI is InChI=1S/C17H24N2O2.ClH/c18-17(9-11-21-12-10-17)16(20)19-15-8-4-7-14(15)13-5-2-1-3-6-13;/h1-3,5-6,14-15H,4,7-12,18H2,(H,19,20);1H. The summed E-state index contributed by atoms with van der Waals surface area (Å²) in [6.07, 6.45) is 4.56. The summed E-state index contributed by atoms with van der Waals surface area (Å²) in [6.45, 7) is 1.16. The minimum Gasteiger partial charge on any atom is -0.381 e. The topological polar surface area (TPSA) is 64.4 Å². The second kappa shape index (κ2) is 7.44. The van der Waals surface area contributed by atoms with E-state index in [1.54, 1.807) is 0 Å². The second-order valence-electron chi connectivity index (χ2n) is 6.30. The van der Waals surface area contributed by atoms with E-state index in [0.29, 0.717) is 32.0 Å². The number of rotatable bonds is 3. The van der Waals surface area contributed by atoms with Crippen LogP contribution in [0.4, 0.5) is 0 Å². The summed E-state index contributed by atoms with van der Waals surface area (Å²) in [7, 11) is 0. The number of hydrogen-bond donors (Lipinski definition) is 2. The second-order valence-corrected chi connectivity index (χ2v) is 6.30. The molecule has 2 fully saturated rings. The Bertz CT molecular complexity index is 489. The minimum absolute atomic E-state index is 0. The van der Waals surface area contributed by atoms with Gasteiger partial charge in [0, 0.05) is 25.2 Å². The summed E-state index contributed by atoms with van der Waals surface area (Å²) in [5.74, 6) is 0.414. The van der Waals surface area contributed by atoms with E-state index < -0.39 is 5.54 Å². The molecule has 5 heteroatoms. The Morgan fingerprint density at radius 1 is 1.18 bits per heavy atom. The van der Waals surface area contributed by atoms with Crippen molar-refractivity contribution < 1.29 is 9.53 Å². The van der Waals surface area contributed by atoms with Gasteiger partial charge in [0.1, 0.15) is 0 Å². The first-order chi connectivity index (χ1) is 10.2. The summed E-state index contributed by atoms with van der Waals surface area (Å²) < 4.78 is 5.32. The molecule has 122 valence electrons. The Kier molecular flexibility index (Phi) is 5.84. The molecule has 2 aliphatic rings. The van der Waals surface area contributed by atoms with Crippen LogP contribution in [0.1, 0.15) is 43.6 Å². The lowest BCUT2D eigenvalue weighted by molar-refractivity contribution is -0.130. The van der Waals surface area contributed by atoms with Crippen molar-refractivity contribution in [2.24, 2.45) is 5.73 Å². The van der Waals surface area contributed by atoms with Gasteiger partial charge in [-0.15, -0.1) is 12.4 Å². The van der Waals surface area contributed by atoms with Crippen LogP contribution in [-0.4, -0.2) is 30.7 Å². The normalized spacial score (nSPS) is 27.0. The van der Waals surface area contributed by atoms with E-state index in [1.807, 2.05) is 6.07 Å². The fraction of sp³-hybridized carbons (Fsp3) is 0.588. The quantitative estimate of drug-likeness (QED) is 0.897. The van der Waals surface area contributed by atoms with Gasteiger partial charge in [-0.05, 0) is 31.2 Å². The molecule has 2 atom stereocenters. The maximum atomic E-state index is 12.6.